The molecule has 1 heterocycles. The smallest absolute Gasteiger partial charge is 0.243 e. The van der Waals surface area contributed by atoms with Gasteiger partial charge in [-0.15, -0.1) is 0 Å². The van der Waals surface area contributed by atoms with Gasteiger partial charge in [0.2, 0.25) is 15.9 Å². The van der Waals surface area contributed by atoms with E-state index < -0.39 is 21.3 Å². The number of benzene rings is 1. The van der Waals surface area contributed by atoms with Gasteiger partial charge in [-0.05, 0) is 38.0 Å². The maximum atomic E-state index is 12.7. The van der Waals surface area contributed by atoms with E-state index >= 15 is 0 Å². The van der Waals surface area contributed by atoms with Crippen molar-refractivity contribution >= 4 is 33.2 Å². The van der Waals surface area contributed by atoms with Crippen molar-refractivity contribution in [3.8, 4) is 0 Å². The first kappa shape index (κ1) is 16.1. The first-order valence-electron chi connectivity index (χ1n) is 6.43. The normalized spacial score (nSPS) is 23.4. The van der Waals surface area contributed by atoms with E-state index in [1.807, 2.05) is 0 Å². The number of hydrogen-bond donors (Lipinski definition) is 2. The molecule has 21 heavy (non-hydrogen) atoms. The number of nitrogen functional groups attached to an aromatic ring is 1. The largest absolute Gasteiger partial charge is 0.397 e. The maximum Gasteiger partial charge on any atom is 0.243 e. The fraction of sp³-hybridized carbons (Fsp3) is 0.462. The van der Waals surface area contributed by atoms with Crippen molar-refractivity contribution in [2.24, 2.45) is 11.1 Å². The Bertz CT molecular complexity index is 705. The molecule has 1 atom stereocenters. The molecule has 116 valence electrons. The number of nitrogens with zero attached hydrogens (tertiary/aromatic N) is 1. The molecule has 1 aliphatic rings. The van der Waals surface area contributed by atoms with E-state index in [2.05, 4.69) is 0 Å². The molecule has 1 amide bonds. The number of aryl methyl sites for hydroxylation is 1. The van der Waals surface area contributed by atoms with E-state index in [-0.39, 0.29) is 23.7 Å². The van der Waals surface area contributed by atoms with Gasteiger partial charge in [0, 0.05) is 13.1 Å². The minimum Gasteiger partial charge on any atom is -0.397 e. The lowest BCUT2D eigenvalue weighted by atomic mass is 9.89. The third-order valence-corrected chi connectivity index (χ3v) is 6.26. The van der Waals surface area contributed by atoms with Crippen LogP contribution in [0, 0.1) is 12.3 Å². The summed E-state index contributed by atoms with van der Waals surface area (Å²) in [6.07, 6.45) is 0.406. The lowest BCUT2D eigenvalue weighted by Crippen LogP contribution is -2.38. The zero-order valence-corrected chi connectivity index (χ0v) is 13.5. The van der Waals surface area contributed by atoms with Gasteiger partial charge >= 0.3 is 0 Å². The monoisotopic (exact) mass is 331 g/mol. The van der Waals surface area contributed by atoms with Gasteiger partial charge in [0.05, 0.1) is 21.0 Å². The van der Waals surface area contributed by atoms with Crippen LogP contribution in [0.15, 0.2) is 17.0 Å². The minimum absolute atomic E-state index is 0.0760. The number of sulfonamides is 1. The van der Waals surface area contributed by atoms with E-state index in [1.54, 1.807) is 13.8 Å². The van der Waals surface area contributed by atoms with Crippen molar-refractivity contribution in [3.63, 3.8) is 0 Å². The summed E-state index contributed by atoms with van der Waals surface area (Å²) in [4.78, 5) is 11.6. The number of rotatable bonds is 3. The van der Waals surface area contributed by atoms with Crippen molar-refractivity contribution in [2.75, 3.05) is 18.8 Å². The summed E-state index contributed by atoms with van der Waals surface area (Å²) in [5, 5.41) is 0.315. The molecule has 1 unspecified atom stereocenters. The van der Waals surface area contributed by atoms with Crippen LogP contribution >= 0.6 is 11.6 Å². The lowest BCUT2D eigenvalue weighted by Gasteiger charge is -2.22. The molecule has 0 bridgehead atoms. The van der Waals surface area contributed by atoms with Crippen LogP contribution in [0.4, 0.5) is 5.69 Å². The molecule has 0 radical (unpaired) electrons. The molecule has 0 aliphatic carbocycles. The topological polar surface area (TPSA) is 106 Å². The summed E-state index contributed by atoms with van der Waals surface area (Å²) in [5.41, 5.74) is 10.9. The van der Waals surface area contributed by atoms with E-state index in [9.17, 15) is 13.2 Å². The highest BCUT2D eigenvalue weighted by atomic mass is 35.5. The molecule has 4 N–H and O–H groups in total. The van der Waals surface area contributed by atoms with Crippen LogP contribution in [0.25, 0.3) is 0 Å². The molecule has 1 aromatic rings. The van der Waals surface area contributed by atoms with E-state index in [4.69, 9.17) is 23.1 Å². The summed E-state index contributed by atoms with van der Waals surface area (Å²) in [6.45, 7) is 3.66. The minimum atomic E-state index is -3.73. The zero-order valence-electron chi connectivity index (χ0n) is 11.9. The Balaban J connectivity index is 2.41. The van der Waals surface area contributed by atoms with Crippen LogP contribution in [0.5, 0.6) is 0 Å². The fourth-order valence-corrected chi connectivity index (χ4v) is 4.44. The SMILES string of the molecule is Cc1cc(Cl)c(N)cc1S(=O)(=O)N1CCC(C)(C(N)=O)C1. The molecule has 0 spiro atoms. The summed E-state index contributed by atoms with van der Waals surface area (Å²) in [6, 6.07) is 2.88. The molecule has 2 rings (SSSR count). The van der Waals surface area contributed by atoms with E-state index in [1.165, 1.54) is 16.4 Å². The number of carbonyl (C=O) groups is 1. The molecular formula is C13H18ClN3O3S. The first-order chi connectivity index (χ1) is 9.58. The predicted molar refractivity (Wildman–Crippen MR) is 81.3 cm³/mol. The molecule has 1 saturated heterocycles. The molecule has 0 aromatic heterocycles. The Morgan fingerprint density at radius 2 is 2.05 bits per heavy atom. The molecule has 1 aliphatic heterocycles. The first-order valence-corrected chi connectivity index (χ1v) is 8.25. The van der Waals surface area contributed by atoms with Crippen LogP contribution in [-0.4, -0.2) is 31.7 Å². The third-order valence-electron chi connectivity index (χ3n) is 3.95. The predicted octanol–water partition coefficient (Wildman–Crippen LogP) is 1.12. The summed E-state index contributed by atoms with van der Waals surface area (Å²) in [7, 11) is -3.73. The highest BCUT2D eigenvalue weighted by Gasteiger charge is 2.44. The van der Waals surface area contributed by atoms with Crippen molar-refractivity contribution < 1.29 is 13.2 Å². The number of halogens is 1. The maximum absolute atomic E-state index is 12.7. The fourth-order valence-electron chi connectivity index (χ4n) is 2.41. The van der Waals surface area contributed by atoms with Gasteiger partial charge in [0.15, 0.2) is 0 Å². The summed E-state index contributed by atoms with van der Waals surface area (Å²) >= 11 is 5.89. The third kappa shape index (κ3) is 2.73. The van der Waals surface area contributed by atoms with Crippen molar-refractivity contribution in [2.45, 2.75) is 25.2 Å². The molecule has 6 nitrogen and oxygen atoms in total. The molecule has 1 aromatic carbocycles. The standard InChI is InChI=1S/C13H18ClN3O3S/c1-8-5-9(14)10(15)6-11(8)21(19,20)17-4-3-13(2,7-17)12(16)18/h5-6H,3-4,7,15H2,1-2H3,(H2,16,18). The Morgan fingerprint density at radius 1 is 1.43 bits per heavy atom. The van der Waals surface area contributed by atoms with Gasteiger partial charge in [-0.3, -0.25) is 4.79 Å². The Hall–Kier alpha value is -1.31. The second kappa shape index (κ2) is 5.15. The second-order valence-corrected chi connectivity index (χ2v) is 7.97. The van der Waals surface area contributed by atoms with Crippen LogP contribution < -0.4 is 11.5 Å². The number of carbonyl (C=O) groups excluding carboxylic acids is 1. The Labute approximate surface area is 129 Å². The number of anilines is 1. The van der Waals surface area contributed by atoms with Crippen molar-refractivity contribution in [3.05, 3.63) is 22.7 Å². The molecule has 1 fully saturated rings. The number of nitrogens with two attached hydrogens (primary N) is 2. The number of amides is 1. The quantitative estimate of drug-likeness (QED) is 0.809. The van der Waals surface area contributed by atoms with Gasteiger partial charge in [-0.1, -0.05) is 11.6 Å². The Kier molecular flexibility index (Phi) is 3.94. The highest BCUT2D eigenvalue weighted by molar-refractivity contribution is 7.89. The van der Waals surface area contributed by atoms with Crippen molar-refractivity contribution in [1.29, 1.82) is 0 Å². The van der Waals surface area contributed by atoms with Crippen molar-refractivity contribution in [1.82, 2.24) is 4.31 Å². The van der Waals surface area contributed by atoms with Crippen LogP contribution in [0.2, 0.25) is 5.02 Å². The van der Waals surface area contributed by atoms with Gasteiger partial charge in [0.1, 0.15) is 0 Å². The van der Waals surface area contributed by atoms with Crippen LogP contribution in [-0.2, 0) is 14.8 Å². The van der Waals surface area contributed by atoms with E-state index in [0.29, 0.717) is 17.0 Å². The summed E-state index contributed by atoms with van der Waals surface area (Å²) < 4.78 is 26.7. The summed E-state index contributed by atoms with van der Waals surface area (Å²) in [5.74, 6) is -0.493. The van der Waals surface area contributed by atoms with Crippen LogP contribution in [0.1, 0.15) is 18.9 Å². The highest BCUT2D eigenvalue weighted by Crippen LogP contribution is 2.35. The average Bonchev–Trinajstić information content (AvgIpc) is 2.78. The van der Waals surface area contributed by atoms with Gasteiger partial charge in [-0.25, -0.2) is 8.42 Å². The van der Waals surface area contributed by atoms with E-state index in [0.717, 1.165) is 0 Å². The van der Waals surface area contributed by atoms with Crippen LogP contribution in [0.3, 0.4) is 0 Å². The number of hydrogen-bond acceptors (Lipinski definition) is 4. The molecular weight excluding hydrogens is 314 g/mol. The zero-order chi connectivity index (χ0) is 16.0. The Morgan fingerprint density at radius 3 is 2.57 bits per heavy atom. The number of primary amides is 1. The van der Waals surface area contributed by atoms with Gasteiger partial charge in [-0.2, -0.15) is 4.31 Å². The average molecular weight is 332 g/mol. The van der Waals surface area contributed by atoms with Gasteiger partial charge in [0.25, 0.3) is 0 Å². The molecule has 8 heteroatoms. The molecule has 0 saturated carbocycles. The lowest BCUT2D eigenvalue weighted by molar-refractivity contribution is -0.126. The second-order valence-electron chi connectivity index (χ2n) is 5.65. The van der Waals surface area contributed by atoms with Gasteiger partial charge < -0.3 is 11.5 Å².